The molecule has 13 heavy (non-hydrogen) atoms. The monoisotopic (exact) mass is 200 g/mol. The minimum absolute atomic E-state index is 0.586. The van der Waals surface area contributed by atoms with E-state index in [2.05, 4.69) is 0 Å². The third-order valence-electron chi connectivity index (χ3n) is 2.17. The first-order valence-electron chi connectivity index (χ1n) is 3.99. The van der Waals surface area contributed by atoms with E-state index in [9.17, 15) is 0 Å². The lowest BCUT2D eigenvalue weighted by molar-refractivity contribution is 0.398. The summed E-state index contributed by atoms with van der Waals surface area (Å²) in [5.74, 6) is 1.52. The van der Waals surface area contributed by atoms with Gasteiger partial charge in [-0.2, -0.15) is 0 Å². The SMILES string of the molecule is COc1cc(Cl)c(OC)c(C)c1C. The van der Waals surface area contributed by atoms with Crippen LogP contribution in [0.25, 0.3) is 0 Å². The second kappa shape index (κ2) is 3.88. The Labute approximate surface area is 83.4 Å². The first-order chi connectivity index (χ1) is 6.11. The van der Waals surface area contributed by atoms with Gasteiger partial charge in [0.1, 0.15) is 11.5 Å². The van der Waals surface area contributed by atoms with Gasteiger partial charge in [0.05, 0.1) is 19.2 Å². The molecule has 2 nitrogen and oxygen atoms in total. The van der Waals surface area contributed by atoms with Gasteiger partial charge in [0.2, 0.25) is 0 Å². The zero-order valence-corrected chi connectivity index (χ0v) is 9.03. The summed E-state index contributed by atoms with van der Waals surface area (Å²) >= 11 is 5.98. The van der Waals surface area contributed by atoms with Gasteiger partial charge >= 0.3 is 0 Å². The second-order valence-corrected chi connectivity index (χ2v) is 3.25. The first kappa shape index (κ1) is 10.2. The molecule has 0 radical (unpaired) electrons. The van der Waals surface area contributed by atoms with Gasteiger partial charge in [-0.3, -0.25) is 0 Å². The van der Waals surface area contributed by atoms with Crippen LogP contribution in [0, 0.1) is 13.8 Å². The predicted octanol–water partition coefficient (Wildman–Crippen LogP) is 2.97. The van der Waals surface area contributed by atoms with E-state index in [0.29, 0.717) is 5.02 Å². The molecule has 0 amide bonds. The van der Waals surface area contributed by atoms with Crippen LogP contribution in [0.15, 0.2) is 6.07 Å². The zero-order valence-electron chi connectivity index (χ0n) is 8.27. The van der Waals surface area contributed by atoms with E-state index in [1.165, 1.54) is 0 Å². The van der Waals surface area contributed by atoms with E-state index in [1.54, 1.807) is 20.3 Å². The zero-order chi connectivity index (χ0) is 10.0. The van der Waals surface area contributed by atoms with Crippen molar-refractivity contribution in [3.63, 3.8) is 0 Å². The molecule has 0 bridgehead atoms. The van der Waals surface area contributed by atoms with Gasteiger partial charge in [-0.15, -0.1) is 0 Å². The molecule has 0 aliphatic heterocycles. The number of methoxy groups -OCH3 is 2. The molecule has 0 aliphatic rings. The van der Waals surface area contributed by atoms with Crippen molar-refractivity contribution in [1.82, 2.24) is 0 Å². The van der Waals surface area contributed by atoms with Crippen LogP contribution >= 0.6 is 11.6 Å². The molecule has 3 heteroatoms. The smallest absolute Gasteiger partial charge is 0.140 e. The highest BCUT2D eigenvalue weighted by Gasteiger charge is 2.11. The molecule has 0 saturated carbocycles. The van der Waals surface area contributed by atoms with Crippen molar-refractivity contribution in [1.29, 1.82) is 0 Å². The van der Waals surface area contributed by atoms with Gasteiger partial charge in [-0.05, 0) is 25.0 Å². The maximum Gasteiger partial charge on any atom is 0.140 e. The Balaban J connectivity index is 3.37. The molecular formula is C10H13ClO2. The number of hydrogen-bond donors (Lipinski definition) is 0. The molecule has 72 valence electrons. The summed E-state index contributed by atoms with van der Waals surface area (Å²) in [6.45, 7) is 3.94. The topological polar surface area (TPSA) is 18.5 Å². The third-order valence-corrected chi connectivity index (χ3v) is 2.45. The fraction of sp³-hybridized carbons (Fsp3) is 0.400. The Kier molecular flexibility index (Phi) is 3.04. The summed E-state index contributed by atoms with van der Waals surface area (Å²) in [4.78, 5) is 0. The maximum atomic E-state index is 5.98. The fourth-order valence-corrected chi connectivity index (χ4v) is 1.60. The van der Waals surface area contributed by atoms with Gasteiger partial charge in [-0.1, -0.05) is 11.6 Å². The van der Waals surface area contributed by atoms with E-state index >= 15 is 0 Å². The average molecular weight is 201 g/mol. The summed E-state index contributed by atoms with van der Waals surface area (Å²) in [5.41, 5.74) is 2.08. The predicted molar refractivity (Wildman–Crippen MR) is 54.0 cm³/mol. The third kappa shape index (κ3) is 1.73. The molecule has 0 saturated heterocycles. The molecule has 1 aromatic rings. The van der Waals surface area contributed by atoms with Gasteiger partial charge in [-0.25, -0.2) is 0 Å². The molecule has 0 fully saturated rings. The second-order valence-electron chi connectivity index (χ2n) is 2.84. The van der Waals surface area contributed by atoms with Crippen molar-refractivity contribution in [2.45, 2.75) is 13.8 Å². The number of benzene rings is 1. The highest BCUT2D eigenvalue weighted by atomic mass is 35.5. The van der Waals surface area contributed by atoms with Crippen molar-refractivity contribution in [2.75, 3.05) is 14.2 Å². The van der Waals surface area contributed by atoms with Crippen molar-refractivity contribution in [3.05, 3.63) is 22.2 Å². The van der Waals surface area contributed by atoms with Crippen LogP contribution in [-0.2, 0) is 0 Å². The minimum atomic E-state index is 0.586. The molecular weight excluding hydrogens is 188 g/mol. The lowest BCUT2D eigenvalue weighted by Gasteiger charge is -2.13. The van der Waals surface area contributed by atoms with Crippen LogP contribution in [-0.4, -0.2) is 14.2 Å². The quantitative estimate of drug-likeness (QED) is 0.731. The Bertz CT molecular complexity index is 321. The van der Waals surface area contributed by atoms with E-state index in [1.807, 2.05) is 13.8 Å². The van der Waals surface area contributed by atoms with Crippen LogP contribution in [0.1, 0.15) is 11.1 Å². The van der Waals surface area contributed by atoms with Crippen LogP contribution in [0.5, 0.6) is 11.5 Å². The van der Waals surface area contributed by atoms with E-state index in [4.69, 9.17) is 21.1 Å². The standard InChI is InChI=1S/C10H13ClO2/c1-6-7(2)10(13-4)8(11)5-9(6)12-3/h5H,1-4H3. The molecule has 1 aromatic carbocycles. The van der Waals surface area contributed by atoms with Crippen LogP contribution < -0.4 is 9.47 Å². The molecule has 0 aromatic heterocycles. The van der Waals surface area contributed by atoms with E-state index < -0.39 is 0 Å². The number of ether oxygens (including phenoxy) is 2. The summed E-state index contributed by atoms with van der Waals surface area (Å²) in [6, 6.07) is 1.77. The van der Waals surface area contributed by atoms with Crippen molar-refractivity contribution >= 4 is 11.6 Å². The van der Waals surface area contributed by atoms with E-state index in [-0.39, 0.29) is 0 Å². The van der Waals surface area contributed by atoms with Crippen molar-refractivity contribution < 1.29 is 9.47 Å². The molecule has 0 N–H and O–H groups in total. The lowest BCUT2D eigenvalue weighted by atomic mass is 10.1. The Morgan fingerprint density at radius 3 is 2.15 bits per heavy atom. The lowest BCUT2D eigenvalue weighted by Crippen LogP contribution is -1.95. The number of halogens is 1. The van der Waals surface area contributed by atoms with Crippen LogP contribution in [0.3, 0.4) is 0 Å². The Morgan fingerprint density at radius 2 is 1.69 bits per heavy atom. The molecule has 0 heterocycles. The van der Waals surface area contributed by atoms with Gasteiger partial charge in [0, 0.05) is 6.07 Å². The summed E-state index contributed by atoms with van der Waals surface area (Å²) in [6.07, 6.45) is 0. The number of hydrogen-bond acceptors (Lipinski definition) is 2. The van der Waals surface area contributed by atoms with Gasteiger partial charge in [0.25, 0.3) is 0 Å². The van der Waals surface area contributed by atoms with Crippen molar-refractivity contribution in [3.8, 4) is 11.5 Å². The first-order valence-corrected chi connectivity index (χ1v) is 4.37. The summed E-state index contributed by atoms with van der Waals surface area (Å²) in [5, 5.41) is 0.586. The highest BCUT2D eigenvalue weighted by Crippen LogP contribution is 2.36. The molecule has 1 rings (SSSR count). The molecule has 0 spiro atoms. The molecule has 0 unspecified atom stereocenters. The molecule has 0 aliphatic carbocycles. The van der Waals surface area contributed by atoms with Crippen molar-refractivity contribution in [2.24, 2.45) is 0 Å². The minimum Gasteiger partial charge on any atom is -0.496 e. The summed E-state index contributed by atoms with van der Waals surface area (Å²) < 4.78 is 10.3. The highest BCUT2D eigenvalue weighted by molar-refractivity contribution is 6.32. The fourth-order valence-electron chi connectivity index (χ4n) is 1.29. The summed E-state index contributed by atoms with van der Waals surface area (Å²) in [7, 11) is 3.24. The largest absolute Gasteiger partial charge is 0.496 e. The normalized spacial score (nSPS) is 9.92. The van der Waals surface area contributed by atoms with Gasteiger partial charge < -0.3 is 9.47 Å². The van der Waals surface area contributed by atoms with E-state index in [0.717, 1.165) is 22.6 Å². The van der Waals surface area contributed by atoms with Crippen LogP contribution in [0.4, 0.5) is 0 Å². The average Bonchev–Trinajstić information content (AvgIpc) is 2.12. The number of rotatable bonds is 2. The van der Waals surface area contributed by atoms with Gasteiger partial charge in [0.15, 0.2) is 0 Å². The molecule has 0 atom stereocenters. The van der Waals surface area contributed by atoms with Crippen LogP contribution in [0.2, 0.25) is 5.02 Å². The Hall–Kier alpha value is -0.890. The Morgan fingerprint density at radius 1 is 1.08 bits per heavy atom. The maximum absolute atomic E-state index is 5.98.